The van der Waals surface area contributed by atoms with Crippen molar-refractivity contribution in [3.8, 4) is 11.5 Å². The number of hydrazine groups is 1. The fourth-order valence-electron chi connectivity index (χ4n) is 1.35. The van der Waals surface area contributed by atoms with E-state index in [-0.39, 0.29) is 0 Å². The van der Waals surface area contributed by atoms with E-state index < -0.39 is 0 Å². The lowest BCUT2D eigenvalue weighted by atomic mass is 10.2. The highest BCUT2D eigenvalue weighted by molar-refractivity contribution is 5.56. The number of hydrogen-bond acceptors (Lipinski definition) is 5. The molecule has 0 aliphatic carbocycles. The van der Waals surface area contributed by atoms with Gasteiger partial charge in [0, 0.05) is 18.8 Å². The minimum absolute atomic E-state index is 0.303. The molecule has 1 aromatic rings. The van der Waals surface area contributed by atoms with E-state index in [0.29, 0.717) is 13.5 Å². The summed E-state index contributed by atoms with van der Waals surface area (Å²) in [5.41, 5.74) is 3.62. The van der Waals surface area contributed by atoms with Crippen LogP contribution >= 0.6 is 0 Å². The predicted octanol–water partition coefficient (Wildman–Crippen LogP) is 0.272. The SMILES string of the molecule is CN(CNN)c1ccc2c(c1)OCO2. The lowest BCUT2D eigenvalue weighted by molar-refractivity contribution is 0.174. The molecule has 76 valence electrons. The van der Waals surface area contributed by atoms with E-state index in [1.807, 2.05) is 30.1 Å². The van der Waals surface area contributed by atoms with Gasteiger partial charge in [0.25, 0.3) is 0 Å². The molecule has 0 saturated heterocycles. The Morgan fingerprint density at radius 2 is 2.21 bits per heavy atom. The van der Waals surface area contributed by atoms with Gasteiger partial charge in [-0.05, 0) is 12.1 Å². The number of fused-ring (bicyclic) bond motifs is 1. The van der Waals surface area contributed by atoms with Crippen LogP contribution in [0.5, 0.6) is 11.5 Å². The minimum atomic E-state index is 0.303. The zero-order valence-corrected chi connectivity index (χ0v) is 7.99. The summed E-state index contributed by atoms with van der Waals surface area (Å²) in [6, 6.07) is 5.79. The van der Waals surface area contributed by atoms with Gasteiger partial charge in [0.15, 0.2) is 11.5 Å². The van der Waals surface area contributed by atoms with Gasteiger partial charge in [-0.3, -0.25) is 5.84 Å². The van der Waals surface area contributed by atoms with E-state index in [4.69, 9.17) is 15.3 Å². The van der Waals surface area contributed by atoms with Crippen LogP contribution in [0.25, 0.3) is 0 Å². The van der Waals surface area contributed by atoms with Crippen LogP contribution in [0.3, 0.4) is 0 Å². The predicted molar refractivity (Wildman–Crippen MR) is 53.2 cm³/mol. The number of anilines is 1. The van der Waals surface area contributed by atoms with Crippen molar-refractivity contribution in [2.75, 3.05) is 25.4 Å². The normalized spacial score (nSPS) is 13.0. The number of nitrogens with two attached hydrogens (primary N) is 1. The largest absolute Gasteiger partial charge is 0.454 e. The van der Waals surface area contributed by atoms with Crippen LogP contribution in [0.4, 0.5) is 5.69 Å². The summed E-state index contributed by atoms with van der Waals surface area (Å²) in [7, 11) is 1.94. The molecule has 2 rings (SSSR count). The summed E-state index contributed by atoms with van der Waals surface area (Å²) in [5.74, 6) is 6.81. The zero-order valence-electron chi connectivity index (χ0n) is 7.99. The molecule has 0 fully saturated rings. The highest BCUT2D eigenvalue weighted by atomic mass is 16.7. The van der Waals surface area contributed by atoms with Crippen molar-refractivity contribution in [1.82, 2.24) is 5.43 Å². The van der Waals surface area contributed by atoms with Crippen molar-refractivity contribution in [2.45, 2.75) is 0 Å². The third kappa shape index (κ3) is 1.59. The monoisotopic (exact) mass is 195 g/mol. The van der Waals surface area contributed by atoms with Gasteiger partial charge in [-0.15, -0.1) is 0 Å². The fraction of sp³-hybridized carbons (Fsp3) is 0.333. The highest BCUT2D eigenvalue weighted by Gasteiger charge is 2.14. The summed E-state index contributed by atoms with van der Waals surface area (Å²) in [6.07, 6.45) is 0. The number of ether oxygens (including phenoxy) is 2. The number of benzene rings is 1. The van der Waals surface area contributed by atoms with E-state index in [1.165, 1.54) is 0 Å². The molecule has 0 saturated carbocycles. The Hall–Kier alpha value is -1.46. The lowest BCUT2D eigenvalue weighted by Gasteiger charge is -2.18. The Labute approximate surface area is 82.4 Å². The van der Waals surface area contributed by atoms with Crippen LogP contribution in [0.15, 0.2) is 18.2 Å². The maximum atomic E-state index is 5.27. The van der Waals surface area contributed by atoms with Crippen LogP contribution < -0.4 is 25.6 Å². The Bertz CT molecular complexity index is 330. The number of hydrogen-bond donors (Lipinski definition) is 2. The van der Waals surface area contributed by atoms with E-state index in [2.05, 4.69) is 5.43 Å². The summed E-state index contributed by atoms with van der Waals surface area (Å²) >= 11 is 0. The highest BCUT2D eigenvalue weighted by Crippen LogP contribution is 2.34. The molecule has 5 nitrogen and oxygen atoms in total. The van der Waals surface area contributed by atoms with E-state index in [9.17, 15) is 0 Å². The molecule has 1 heterocycles. The van der Waals surface area contributed by atoms with Crippen LogP contribution in [0.1, 0.15) is 0 Å². The molecule has 0 atom stereocenters. The smallest absolute Gasteiger partial charge is 0.231 e. The second-order valence-corrected chi connectivity index (χ2v) is 3.10. The van der Waals surface area contributed by atoms with Crippen molar-refractivity contribution in [1.29, 1.82) is 0 Å². The third-order valence-electron chi connectivity index (χ3n) is 2.13. The van der Waals surface area contributed by atoms with E-state index in [1.54, 1.807) is 0 Å². The molecule has 14 heavy (non-hydrogen) atoms. The minimum Gasteiger partial charge on any atom is -0.454 e. The first-order chi connectivity index (χ1) is 6.81. The Morgan fingerprint density at radius 3 is 3.00 bits per heavy atom. The maximum Gasteiger partial charge on any atom is 0.231 e. The molecule has 1 aromatic carbocycles. The quantitative estimate of drug-likeness (QED) is 0.412. The number of rotatable bonds is 3. The Balaban J connectivity index is 2.19. The molecule has 0 radical (unpaired) electrons. The van der Waals surface area contributed by atoms with Crippen LogP contribution in [0.2, 0.25) is 0 Å². The van der Waals surface area contributed by atoms with Gasteiger partial charge in [-0.1, -0.05) is 0 Å². The van der Waals surface area contributed by atoms with Crippen molar-refractivity contribution in [3.05, 3.63) is 18.2 Å². The zero-order chi connectivity index (χ0) is 9.97. The van der Waals surface area contributed by atoms with Crippen molar-refractivity contribution in [2.24, 2.45) is 5.84 Å². The van der Waals surface area contributed by atoms with Gasteiger partial charge in [-0.2, -0.15) is 0 Å². The first-order valence-electron chi connectivity index (χ1n) is 4.35. The van der Waals surface area contributed by atoms with Crippen molar-refractivity contribution in [3.63, 3.8) is 0 Å². The molecule has 0 amide bonds. The average Bonchev–Trinajstić information content (AvgIpc) is 2.64. The van der Waals surface area contributed by atoms with Crippen LogP contribution in [-0.4, -0.2) is 20.5 Å². The van der Waals surface area contributed by atoms with E-state index >= 15 is 0 Å². The second kappa shape index (κ2) is 3.73. The van der Waals surface area contributed by atoms with Gasteiger partial charge < -0.3 is 14.4 Å². The molecule has 1 aliphatic rings. The molecule has 0 aromatic heterocycles. The summed E-state index contributed by atoms with van der Waals surface area (Å²) in [5, 5.41) is 0. The van der Waals surface area contributed by atoms with Gasteiger partial charge in [0.05, 0.1) is 6.67 Å². The molecule has 1 aliphatic heterocycles. The van der Waals surface area contributed by atoms with Gasteiger partial charge in [0.2, 0.25) is 6.79 Å². The van der Waals surface area contributed by atoms with Crippen LogP contribution in [-0.2, 0) is 0 Å². The standard InChI is InChI=1S/C9H13N3O2/c1-12(5-11-10)7-2-3-8-9(4-7)14-6-13-8/h2-4,11H,5-6,10H2,1H3. The van der Waals surface area contributed by atoms with E-state index in [0.717, 1.165) is 17.2 Å². The molecular formula is C9H13N3O2. The maximum absolute atomic E-state index is 5.27. The summed E-state index contributed by atoms with van der Waals surface area (Å²) in [4.78, 5) is 1.97. The fourth-order valence-corrected chi connectivity index (χ4v) is 1.35. The number of nitrogens with one attached hydrogen (secondary N) is 1. The first-order valence-corrected chi connectivity index (χ1v) is 4.35. The molecular weight excluding hydrogens is 182 g/mol. The molecule has 0 unspecified atom stereocenters. The van der Waals surface area contributed by atoms with Gasteiger partial charge in [-0.25, -0.2) is 5.43 Å². The first kappa shape index (κ1) is 9.11. The second-order valence-electron chi connectivity index (χ2n) is 3.10. The molecule has 0 bridgehead atoms. The van der Waals surface area contributed by atoms with Crippen molar-refractivity contribution < 1.29 is 9.47 Å². The Kier molecular flexibility index (Phi) is 2.43. The summed E-state index contributed by atoms with van der Waals surface area (Å²) in [6.45, 7) is 0.886. The Morgan fingerprint density at radius 1 is 1.43 bits per heavy atom. The topological polar surface area (TPSA) is 59.8 Å². The van der Waals surface area contributed by atoms with Crippen molar-refractivity contribution >= 4 is 5.69 Å². The van der Waals surface area contributed by atoms with Gasteiger partial charge in [0.1, 0.15) is 0 Å². The average molecular weight is 195 g/mol. The molecule has 5 heteroatoms. The molecule has 3 N–H and O–H groups in total. The van der Waals surface area contributed by atoms with Crippen LogP contribution in [0, 0.1) is 0 Å². The molecule has 0 spiro atoms. The number of nitrogens with zero attached hydrogens (tertiary/aromatic N) is 1. The van der Waals surface area contributed by atoms with Gasteiger partial charge >= 0.3 is 0 Å². The third-order valence-corrected chi connectivity index (χ3v) is 2.13. The summed E-state index contributed by atoms with van der Waals surface area (Å²) < 4.78 is 10.5. The lowest BCUT2D eigenvalue weighted by Crippen LogP contribution is -2.35.